The van der Waals surface area contributed by atoms with Gasteiger partial charge >= 0.3 is 0 Å². The van der Waals surface area contributed by atoms with E-state index in [0.717, 1.165) is 12.8 Å². The summed E-state index contributed by atoms with van der Waals surface area (Å²) < 4.78 is 16.6. The molecule has 0 spiro atoms. The van der Waals surface area contributed by atoms with E-state index in [4.69, 9.17) is 10.5 Å². The average molecular weight is 282 g/mol. The maximum absolute atomic E-state index is 11.7. The number of hydrogen-bond acceptors (Lipinski definition) is 4. The third kappa shape index (κ3) is 4.24. The highest BCUT2D eigenvalue weighted by atomic mass is 32.2. The molecule has 1 heterocycles. The fourth-order valence-corrected chi connectivity index (χ4v) is 3.26. The van der Waals surface area contributed by atoms with Gasteiger partial charge in [0.15, 0.2) is 6.61 Å². The van der Waals surface area contributed by atoms with Gasteiger partial charge in [0.05, 0.1) is 5.69 Å². The van der Waals surface area contributed by atoms with Crippen LogP contribution in [0.2, 0.25) is 0 Å². The number of benzene rings is 1. The average Bonchev–Trinajstić information content (AvgIpc) is 2.40. The number of rotatable bonds is 4. The molecule has 0 radical (unpaired) electrons. The number of carbonyl (C=O) groups is 1. The van der Waals surface area contributed by atoms with Crippen LogP contribution in [0.1, 0.15) is 12.8 Å². The molecule has 6 heteroatoms. The monoisotopic (exact) mass is 282 g/mol. The lowest BCUT2D eigenvalue weighted by Crippen LogP contribution is -2.41. The van der Waals surface area contributed by atoms with Crippen LogP contribution in [-0.4, -0.2) is 34.3 Å². The van der Waals surface area contributed by atoms with Crippen molar-refractivity contribution in [1.82, 2.24) is 5.32 Å². The Balaban J connectivity index is 1.76. The summed E-state index contributed by atoms with van der Waals surface area (Å²) in [6, 6.07) is 7.18. The third-order valence-corrected chi connectivity index (χ3v) is 4.41. The summed E-state index contributed by atoms with van der Waals surface area (Å²) in [6.45, 7) is -0.0478. The molecule has 1 fully saturated rings. The first-order chi connectivity index (χ1) is 9.15. The Morgan fingerprint density at radius 3 is 2.74 bits per heavy atom. The first-order valence-corrected chi connectivity index (χ1v) is 7.75. The van der Waals surface area contributed by atoms with Gasteiger partial charge in [0.1, 0.15) is 5.75 Å². The lowest BCUT2D eigenvalue weighted by Gasteiger charge is -2.22. The zero-order valence-corrected chi connectivity index (χ0v) is 11.4. The van der Waals surface area contributed by atoms with E-state index >= 15 is 0 Å². The molecule has 1 amide bonds. The molecule has 0 atom stereocenters. The molecule has 1 saturated heterocycles. The fraction of sp³-hybridized carbons (Fsp3) is 0.462. The summed E-state index contributed by atoms with van der Waals surface area (Å²) in [7, 11) is -0.711. The Morgan fingerprint density at radius 1 is 1.37 bits per heavy atom. The number of amides is 1. The quantitative estimate of drug-likeness (QED) is 0.796. The van der Waals surface area contributed by atoms with Crippen molar-refractivity contribution in [3.05, 3.63) is 24.3 Å². The zero-order valence-electron chi connectivity index (χ0n) is 10.6. The van der Waals surface area contributed by atoms with Gasteiger partial charge in [0, 0.05) is 28.3 Å². The molecule has 0 bridgehead atoms. The maximum Gasteiger partial charge on any atom is 0.258 e. The first kappa shape index (κ1) is 13.9. The number of anilines is 1. The molecule has 5 nitrogen and oxygen atoms in total. The van der Waals surface area contributed by atoms with Crippen LogP contribution in [0, 0.1) is 0 Å². The zero-order chi connectivity index (χ0) is 13.7. The molecule has 0 aromatic heterocycles. The number of ether oxygens (including phenoxy) is 1. The molecule has 19 heavy (non-hydrogen) atoms. The summed E-state index contributed by atoms with van der Waals surface area (Å²) in [5, 5.41) is 2.89. The maximum atomic E-state index is 11.7. The van der Waals surface area contributed by atoms with E-state index in [2.05, 4.69) is 5.32 Å². The van der Waals surface area contributed by atoms with Crippen LogP contribution in [0.3, 0.4) is 0 Å². The van der Waals surface area contributed by atoms with E-state index in [1.54, 1.807) is 18.2 Å². The van der Waals surface area contributed by atoms with Gasteiger partial charge in [-0.1, -0.05) is 12.1 Å². The van der Waals surface area contributed by atoms with Gasteiger partial charge < -0.3 is 15.8 Å². The van der Waals surface area contributed by atoms with Crippen molar-refractivity contribution in [3.63, 3.8) is 0 Å². The van der Waals surface area contributed by atoms with Gasteiger partial charge in [-0.15, -0.1) is 0 Å². The number of nitrogens with two attached hydrogens (primary N) is 1. The number of para-hydroxylation sites is 2. The van der Waals surface area contributed by atoms with Crippen LogP contribution in [0.4, 0.5) is 5.69 Å². The van der Waals surface area contributed by atoms with Gasteiger partial charge in [0.2, 0.25) is 0 Å². The van der Waals surface area contributed by atoms with Crippen molar-refractivity contribution in [2.45, 2.75) is 18.9 Å². The van der Waals surface area contributed by atoms with Gasteiger partial charge in [-0.2, -0.15) is 0 Å². The summed E-state index contributed by atoms with van der Waals surface area (Å²) >= 11 is 0. The number of nitrogens with one attached hydrogen (secondary N) is 1. The Hall–Kier alpha value is -1.56. The molecule has 104 valence electrons. The smallest absolute Gasteiger partial charge is 0.258 e. The Kier molecular flexibility index (Phi) is 4.79. The van der Waals surface area contributed by atoms with Gasteiger partial charge in [-0.25, -0.2) is 0 Å². The third-order valence-electron chi connectivity index (χ3n) is 3.03. The highest BCUT2D eigenvalue weighted by Crippen LogP contribution is 2.19. The van der Waals surface area contributed by atoms with Crippen LogP contribution < -0.4 is 15.8 Å². The van der Waals surface area contributed by atoms with E-state index in [0.29, 0.717) is 22.9 Å². The van der Waals surface area contributed by atoms with Crippen LogP contribution in [0.15, 0.2) is 24.3 Å². The predicted molar refractivity (Wildman–Crippen MR) is 75.4 cm³/mol. The molecule has 0 aliphatic carbocycles. The largest absolute Gasteiger partial charge is 0.482 e. The lowest BCUT2D eigenvalue weighted by molar-refractivity contribution is -0.123. The fourth-order valence-electron chi connectivity index (χ4n) is 1.96. The molecule has 1 aliphatic heterocycles. The standard InChI is InChI=1S/C13H18N2O3S/c14-11-3-1-2-4-12(11)18-9-13(16)15-10-5-7-19(17)8-6-10/h1-4,10H,5-9,14H2,(H,15,16). The number of nitrogen functional groups attached to an aromatic ring is 1. The molecule has 1 aromatic rings. The number of carbonyl (C=O) groups excluding carboxylic acids is 1. The van der Waals surface area contributed by atoms with E-state index in [1.165, 1.54) is 0 Å². The summed E-state index contributed by atoms with van der Waals surface area (Å²) in [4.78, 5) is 11.7. The molecular formula is C13H18N2O3S. The van der Waals surface area contributed by atoms with Crippen molar-refractivity contribution in [2.24, 2.45) is 0 Å². The van der Waals surface area contributed by atoms with E-state index in [1.807, 2.05) is 6.07 Å². The number of hydrogen-bond donors (Lipinski definition) is 2. The van der Waals surface area contributed by atoms with Crippen molar-refractivity contribution in [2.75, 3.05) is 23.8 Å². The lowest BCUT2D eigenvalue weighted by atomic mass is 10.1. The molecule has 0 unspecified atom stereocenters. The molecule has 2 rings (SSSR count). The second kappa shape index (κ2) is 6.56. The second-order valence-corrected chi connectivity index (χ2v) is 6.21. The first-order valence-electron chi connectivity index (χ1n) is 6.27. The normalized spacial score (nSPS) is 22.7. The topological polar surface area (TPSA) is 81.4 Å². The van der Waals surface area contributed by atoms with Gasteiger partial charge in [-0.3, -0.25) is 9.00 Å². The van der Waals surface area contributed by atoms with Crippen molar-refractivity contribution < 1.29 is 13.7 Å². The Morgan fingerprint density at radius 2 is 2.05 bits per heavy atom. The highest BCUT2D eigenvalue weighted by Gasteiger charge is 2.19. The molecule has 1 aliphatic rings. The minimum Gasteiger partial charge on any atom is -0.482 e. The minimum absolute atomic E-state index is 0.0478. The minimum atomic E-state index is -0.711. The molecule has 1 aromatic carbocycles. The molecular weight excluding hydrogens is 264 g/mol. The molecule has 3 N–H and O–H groups in total. The Bertz CT molecular complexity index is 469. The van der Waals surface area contributed by atoms with E-state index in [9.17, 15) is 9.00 Å². The van der Waals surface area contributed by atoms with Gasteiger partial charge in [0.25, 0.3) is 5.91 Å². The summed E-state index contributed by atoms with van der Waals surface area (Å²) in [5.41, 5.74) is 6.23. The van der Waals surface area contributed by atoms with Crippen molar-refractivity contribution in [1.29, 1.82) is 0 Å². The summed E-state index contributed by atoms with van der Waals surface area (Å²) in [6.07, 6.45) is 1.54. The summed E-state index contributed by atoms with van der Waals surface area (Å²) in [5.74, 6) is 1.68. The van der Waals surface area contributed by atoms with Crippen molar-refractivity contribution >= 4 is 22.4 Å². The van der Waals surface area contributed by atoms with E-state index < -0.39 is 10.8 Å². The van der Waals surface area contributed by atoms with E-state index in [-0.39, 0.29) is 18.6 Å². The predicted octanol–water partition coefficient (Wildman–Crippen LogP) is 0.675. The Labute approximate surface area is 115 Å². The van der Waals surface area contributed by atoms with Crippen LogP contribution in [0.25, 0.3) is 0 Å². The molecule has 0 saturated carbocycles. The van der Waals surface area contributed by atoms with Crippen molar-refractivity contribution in [3.8, 4) is 5.75 Å². The highest BCUT2D eigenvalue weighted by molar-refractivity contribution is 7.85. The van der Waals surface area contributed by atoms with Crippen LogP contribution in [0.5, 0.6) is 5.75 Å². The van der Waals surface area contributed by atoms with Gasteiger partial charge in [-0.05, 0) is 25.0 Å². The SMILES string of the molecule is Nc1ccccc1OCC(=O)NC1CCS(=O)CC1. The second-order valence-electron chi connectivity index (χ2n) is 4.52. The van der Waals surface area contributed by atoms with Crippen LogP contribution >= 0.6 is 0 Å². The van der Waals surface area contributed by atoms with Crippen LogP contribution in [-0.2, 0) is 15.6 Å².